The molecule has 1 aliphatic carbocycles. The Hall–Kier alpha value is -2.27. The van der Waals surface area contributed by atoms with E-state index < -0.39 is 0 Å². The van der Waals surface area contributed by atoms with Crippen molar-refractivity contribution in [2.75, 3.05) is 0 Å². The number of ether oxygens (including phenoxy) is 1. The van der Waals surface area contributed by atoms with Gasteiger partial charge in [0.25, 0.3) is 0 Å². The number of unbranched alkanes of at least 4 members (excludes halogenated alkanes) is 2. The molecule has 3 rings (SSSR count). The molecule has 0 N–H and O–H groups in total. The highest BCUT2D eigenvalue weighted by molar-refractivity contribution is 5.34. The molecule has 148 valence electrons. The van der Waals surface area contributed by atoms with Crippen LogP contribution in [-0.2, 0) is 0 Å². The van der Waals surface area contributed by atoms with Gasteiger partial charge in [0.15, 0.2) is 0 Å². The maximum atomic E-state index is 8.96. The van der Waals surface area contributed by atoms with Gasteiger partial charge in [0, 0.05) is 0 Å². The van der Waals surface area contributed by atoms with E-state index in [1.807, 2.05) is 12.1 Å². The first-order valence-electron chi connectivity index (χ1n) is 11.0. The van der Waals surface area contributed by atoms with Gasteiger partial charge in [-0.25, -0.2) is 0 Å². The van der Waals surface area contributed by atoms with E-state index in [2.05, 4.69) is 56.3 Å². The predicted octanol–water partition coefficient (Wildman–Crippen LogP) is 7.35. The van der Waals surface area contributed by atoms with Crippen LogP contribution in [0.1, 0.15) is 93.7 Å². The van der Waals surface area contributed by atoms with Crippen molar-refractivity contribution >= 4 is 0 Å². The van der Waals surface area contributed by atoms with Crippen LogP contribution in [0.4, 0.5) is 0 Å². The highest BCUT2D eigenvalue weighted by atomic mass is 16.5. The van der Waals surface area contributed by atoms with Crippen LogP contribution in [-0.4, -0.2) is 6.10 Å². The van der Waals surface area contributed by atoms with Crippen LogP contribution in [0.15, 0.2) is 48.5 Å². The summed E-state index contributed by atoms with van der Waals surface area (Å²) in [5.41, 5.74) is 3.59. The van der Waals surface area contributed by atoms with Crippen molar-refractivity contribution in [3.8, 4) is 11.8 Å². The number of hydrogen-bond acceptors (Lipinski definition) is 2. The zero-order valence-corrected chi connectivity index (χ0v) is 17.4. The number of nitriles is 1. The van der Waals surface area contributed by atoms with Crippen molar-refractivity contribution in [3.63, 3.8) is 0 Å². The van der Waals surface area contributed by atoms with Crippen molar-refractivity contribution in [2.24, 2.45) is 0 Å². The molecule has 0 amide bonds. The fraction of sp³-hybridized carbons (Fsp3) is 0.500. The highest BCUT2D eigenvalue weighted by Gasteiger charge is 2.23. The zero-order valence-electron chi connectivity index (χ0n) is 17.4. The molecule has 1 atom stereocenters. The molecule has 0 spiro atoms. The topological polar surface area (TPSA) is 33.0 Å². The second-order valence-electron chi connectivity index (χ2n) is 8.28. The minimum absolute atomic E-state index is 0.292. The summed E-state index contributed by atoms with van der Waals surface area (Å²) in [5, 5.41) is 8.96. The normalized spacial score (nSPS) is 20.3. The van der Waals surface area contributed by atoms with Crippen molar-refractivity contribution in [2.45, 2.75) is 83.2 Å². The molecule has 0 bridgehead atoms. The first-order chi connectivity index (χ1) is 13.7. The van der Waals surface area contributed by atoms with E-state index in [-0.39, 0.29) is 0 Å². The quantitative estimate of drug-likeness (QED) is 0.452. The Labute approximate surface area is 170 Å². The molecule has 0 heterocycles. The smallest absolute Gasteiger partial charge is 0.119 e. The Morgan fingerprint density at radius 3 is 1.93 bits per heavy atom. The Bertz CT molecular complexity index is 749. The molecule has 2 nitrogen and oxygen atoms in total. The summed E-state index contributed by atoms with van der Waals surface area (Å²) < 4.78 is 6.07. The number of benzene rings is 2. The summed E-state index contributed by atoms with van der Waals surface area (Å²) in [6, 6.07) is 19.2. The first-order valence-corrected chi connectivity index (χ1v) is 11.0. The van der Waals surface area contributed by atoms with Gasteiger partial charge in [-0.05, 0) is 92.7 Å². The Balaban J connectivity index is 1.49. The standard InChI is InChI=1S/C26H33NO/c1-3-4-5-6-20(2)28-26-17-15-25(16-18-26)24-13-11-23(12-14-24)22-9-7-21(19-27)8-10-22/h7-10,15-18,20,23-24H,3-6,11-14H2,1-2H3. The first kappa shape index (κ1) is 20.5. The van der Waals surface area contributed by atoms with Crippen molar-refractivity contribution < 1.29 is 4.74 Å². The summed E-state index contributed by atoms with van der Waals surface area (Å²) in [4.78, 5) is 0. The number of nitrogens with zero attached hydrogens (tertiary/aromatic N) is 1. The monoisotopic (exact) mass is 375 g/mol. The molecule has 1 fully saturated rings. The minimum atomic E-state index is 0.292. The van der Waals surface area contributed by atoms with Gasteiger partial charge in [-0.3, -0.25) is 0 Å². The van der Waals surface area contributed by atoms with Gasteiger partial charge in [-0.15, -0.1) is 0 Å². The summed E-state index contributed by atoms with van der Waals surface area (Å²) in [6.07, 6.45) is 10.1. The lowest BCUT2D eigenvalue weighted by atomic mass is 9.76. The Morgan fingerprint density at radius 2 is 1.43 bits per heavy atom. The molecule has 0 radical (unpaired) electrons. The Morgan fingerprint density at radius 1 is 0.893 bits per heavy atom. The molecule has 0 saturated heterocycles. The van der Waals surface area contributed by atoms with Crippen LogP contribution in [0.2, 0.25) is 0 Å². The molecule has 1 unspecified atom stereocenters. The third kappa shape index (κ3) is 5.61. The van der Waals surface area contributed by atoms with E-state index in [9.17, 15) is 0 Å². The van der Waals surface area contributed by atoms with Gasteiger partial charge in [0.2, 0.25) is 0 Å². The van der Waals surface area contributed by atoms with E-state index in [1.165, 1.54) is 56.1 Å². The summed E-state index contributed by atoms with van der Waals surface area (Å²) in [7, 11) is 0. The van der Waals surface area contributed by atoms with Gasteiger partial charge in [-0.2, -0.15) is 5.26 Å². The highest BCUT2D eigenvalue weighted by Crippen LogP contribution is 2.40. The lowest BCUT2D eigenvalue weighted by Crippen LogP contribution is -2.13. The van der Waals surface area contributed by atoms with E-state index >= 15 is 0 Å². The summed E-state index contributed by atoms with van der Waals surface area (Å²) in [5.74, 6) is 2.29. The average molecular weight is 376 g/mol. The number of rotatable bonds is 8. The molecule has 0 aromatic heterocycles. The molecule has 2 aromatic rings. The molecule has 28 heavy (non-hydrogen) atoms. The fourth-order valence-electron chi connectivity index (χ4n) is 4.38. The van der Waals surface area contributed by atoms with Crippen LogP contribution >= 0.6 is 0 Å². The van der Waals surface area contributed by atoms with E-state index in [1.54, 1.807) is 0 Å². The maximum Gasteiger partial charge on any atom is 0.119 e. The Kier molecular flexibility index (Phi) is 7.54. The van der Waals surface area contributed by atoms with Crippen molar-refractivity contribution in [1.29, 1.82) is 5.26 Å². The third-order valence-corrected chi connectivity index (χ3v) is 6.14. The molecule has 0 aliphatic heterocycles. The third-order valence-electron chi connectivity index (χ3n) is 6.14. The van der Waals surface area contributed by atoms with Gasteiger partial charge in [0.05, 0.1) is 17.7 Å². The zero-order chi connectivity index (χ0) is 19.8. The van der Waals surface area contributed by atoms with E-state index in [4.69, 9.17) is 10.00 Å². The van der Waals surface area contributed by atoms with Crippen molar-refractivity contribution in [1.82, 2.24) is 0 Å². The lowest BCUT2D eigenvalue weighted by molar-refractivity contribution is 0.206. The predicted molar refractivity (Wildman–Crippen MR) is 116 cm³/mol. The van der Waals surface area contributed by atoms with Gasteiger partial charge >= 0.3 is 0 Å². The SMILES string of the molecule is CCCCCC(C)Oc1ccc(C2CCC(c3ccc(C#N)cc3)CC2)cc1. The second-order valence-corrected chi connectivity index (χ2v) is 8.28. The molecule has 1 aliphatic rings. The molecular formula is C26H33NO. The fourth-order valence-corrected chi connectivity index (χ4v) is 4.38. The largest absolute Gasteiger partial charge is 0.491 e. The van der Waals surface area contributed by atoms with Gasteiger partial charge in [0.1, 0.15) is 5.75 Å². The van der Waals surface area contributed by atoms with Crippen molar-refractivity contribution in [3.05, 3.63) is 65.2 Å². The van der Waals surface area contributed by atoms with Crippen LogP contribution in [0.25, 0.3) is 0 Å². The summed E-state index contributed by atoms with van der Waals surface area (Å²) >= 11 is 0. The van der Waals surface area contributed by atoms with Crippen LogP contribution < -0.4 is 4.74 Å². The van der Waals surface area contributed by atoms with Crippen LogP contribution in [0, 0.1) is 11.3 Å². The van der Waals surface area contributed by atoms with Crippen LogP contribution in [0.5, 0.6) is 5.75 Å². The van der Waals surface area contributed by atoms with E-state index in [0.29, 0.717) is 17.9 Å². The van der Waals surface area contributed by atoms with Crippen LogP contribution in [0.3, 0.4) is 0 Å². The van der Waals surface area contributed by atoms with Gasteiger partial charge in [-0.1, -0.05) is 44.0 Å². The van der Waals surface area contributed by atoms with E-state index in [0.717, 1.165) is 17.7 Å². The maximum absolute atomic E-state index is 8.96. The minimum Gasteiger partial charge on any atom is -0.491 e. The van der Waals surface area contributed by atoms with Gasteiger partial charge < -0.3 is 4.74 Å². The second kappa shape index (κ2) is 10.3. The number of hydrogen-bond donors (Lipinski definition) is 0. The average Bonchev–Trinajstić information content (AvgIpc) is 2.75. The molecular weight excluding hydrogens is 342 g/mol. The molecule has 2 aromatic carbocycles. The lowest BCUT2D eigenvalue weighted by Gasteiger charge is -2.29. The molecule has 1 saturated carbocycles. The summed E-state index contributed by atoms with van der Waals surface area (Å²) in [6.45, 7) is 4.41. The molecule has 2 heteroatoms.